The number of nitrogens with zero attached hydrogens (tertiary/aromatic N) is 1. The Labute approximate surface area is 172 Å². The number of carbonyl (C=O) groups excluding carboxylic acids is 1. The quantitative estimate of drug-likeness (QED) is 0.427. The molecule has 0 saturated heterocycles. The fourth-order valence-electron chi connectivity index (χ4n) is 2.70. The molecular formula is C21H19N3O4S. The summed E-state index contributed by atoms with van der Waals surface area (Å²) in [6.45, 7) is 7.50. The number of carbonyl (C=O) groups is 1. The van der Waals surface area contributed by atoms with Crippen molar-refractivity contribution in [2.24, 2.45) is 0 Å². The van der Waals surface area contributed by atoms with Gasteiger partial charge in [-0.05, 0) is 36.4 Å². The summed E-state index contributed by atoms with van der Waals surface area (Å²) in [7, 11) is 4.66. The molecule has 3 rings (SSSR count). The van der Waals surface area contributed by atoms with Crippen LogP contribution in [-0.2, 0) is 0 Å². The highest BCUT2D eigenvalue weighted by Gasteiger charge is 2.23. The van der Waals surface area contributed by atoms with Gasteiger partial charge in [-0.15, -0.1) is 11.3 Å². The van der Waals surface area contributed by atoms with Crippen LogP contribution in [0.15, 0.2) is 42.5 Å². The van der Waals surface area contributed by atoms with Crippen LogP contribution in [-0.4, -0.2) is 27.1 Å². The smallest absolute Gasteiger partial charge is 0.243 e. The fraction of sp³-hybridized carbons (Fsp3) is 0.143. The van der Waals surface area contributed by atoms with Gasteiger partial charge in [0.15, 0.2) is 0 Å². The van der Waals surface area contributed by atoms with Crippen LogP contribution < -0.4 is 25.3 Å². The Balaban J connectivity index is 1.97. The summed E-state index contributed by atoms with van der Waals surface area (Å²) in [5, 5.41) is 3.62. The number of nitrogen functional groups attached to an aromatic ring is 1. The molecule has 29 heavy (non-hydrogen) atoms. The molecule has 148 valence electrons. The highest BCUT2D eigenvalue weighted by atomic mass is 32.1. The van der Waals surface area contributed by atoms with Crippen molar-refractivity contribution in [1.29, 1.82) is 0 Å². The van der Waals surface area contributed by atoms with Crippen molar-refractivity contribution >= 4 is 39.2 Å². The van der Waals surface area contributed by atoms with Crippen LogP contribution in [0.3, 0.4) is 0 Å². The molecule has 0 amide bonds. The lowest BCUT2D eigenvalue weighted by molar-refractivity contribution is 0.104. The summed E-state index contributed by atoms with van der Waals surface area (Å²) in [5.74, 6) is 1.57. The van der Waals surface area contributed by atoms with Crippen LogP contribution in [0.2, 0.25) is 0 Å². The molecule has 0 aliphatic rings. The number of rotatable bonds is 7. The Morgan fingerprint density at radius 2 is 1.69 bits per heavy atom. The third-order valence-electron chi connectivity index (χ3n) is 4.25. The molecule has 1 heterocycles. The number of hydrogen-bond donors (Lipinski definition) is 2. The number of methoxy groups -OCH3 is 3. The molecule has 2 aromatic carbocycles. The zero-order valence-corrected chi connectivity index (χ0v) is 16.9. The lowest BCUT2D eigenvalue weighted by Crippen LogP contribution is -2.01. The molecule has 0 saturated carbocycles. The van der Waals surface area contributed by atoms with E-state index in [-0.39, 0.29) is 17.2 Å². The molecule has 7 nitrogen and oxygen atoms in total. The number of nitrogens with two attached hydrogens (primary N) is 1. The van der Waals surface area contributed by atoms with Gasteiger partial charge < -0.3 is 25.3 Å². The minimum atomic E-state index is -0.255. The van der Waals surface area contributed by atoms with Gasteiger partial charge in [-0.1, -0.05) is 0 Å². The first-order chi connectivity index (χ1) is 14.0. The fourth-order valence-corrected chi connectivity index (χ4v) is 3.73. The summed E-state index contributed by atoms with van der Waals surface area (Å²) in [6.07, 6.45) is 0. The van der Waals surface area contributed by atoms with Crippen LogP contribution in [0, 0.1) is 6.57 Å². The molecule has 0 radical (unpaired) electrons. The molecule has 3 N–H and O–H groups in total. The van der Waals surface area contributed by atoms with Gasteiger partial charge in [0.05, 0.1) is 44.2 Å². The van der Waals surface area contributed by atoms with E-state index in [2.05, 4.69) is 10.2 Å². The highest BCUT2D eigenvalue weighted by molar-refractivity contribution is 7.19. The van der Waals surface area contributed by atoms with Gasteiger partial charge in [0.1, 0.15) is 22.2 Å². The van der Waals surface area contributed by atoms with Crippen LogP contribution in [0.1, 0.15) is 15.2 Å². The second-order valence-corrected chi connectivity index (χ2v) is 6.90. The van der Waals surface area contributed by atoms with E-state index in [0.29, 0.717) is 38.4 Å². The second kappa shape index (κ2) is 8.54. The van der Waals surface area contributed by atoms with Gasteiger partial charge in [0, 0.05) is 11.6 Å². The van der Waals surface area contributed by atoms with Crippen LogP contribution in [0.4, 0.5) is 22.1 Å². The summed E-state index contributed by atoms with van der Waals surface area (Å²) in [6, 6.07) is 12.0. The molecule has 0 fully saturated rings. The monoisotopic (exact) mass is 409 g/mol. The normalized spacial score (nSPS) is 10.1. The Hall–Kier alpha value is -3.70. The first-order valence-electron chi connectivity index (χ1n) is 8.49. The van der Waals surface area contributed by atoms with Crippen molar-refractivity contribution in [3.8, 4) is 17.2 Å². The largest absolute Gasteiger partial charge is 0.497 e. The SMILES string of the molecule is [C-]#[N+]c1c(Nc2ccc(OC)cc2OC)sc(C(=O)c2ccc(OC)cc2)c1N. The van der Waals surface area contributed by atoms with E-state index in [0.717, 1.165) is 11.3 Å². The predicted molar refractivity (Wildman–Crippen MR) is 114 cm³/mol. The second-order valence-electron chi connectivity index (χ2n) is 5.88. The van der Waals surface area contributed by atoms with Crippen molar-refractivity contribution in [2.75, 3.05) is 32.4 Å². The number of benzene rings is 2. The first-order valence-corrected chi connectivity index (χ1v) is 9.31. The Kier molecular flexibility index (Phi) is 5.90. The minimum absolute atomic E-state index is 0.154. The predicted octanol–water partition coefficient (Wildman–Crippen LogP) is 4.88. The minimum Gasteiger partial charge on any atom is -0.497 e. The van der Waals surface area contributed by atoms with E-state index >= 15 is 0 Å². The molecular weight excluding hydrogens is 390 g/mol. The molecule has 3 aromatic rings. The van der Waals surface area contributed by atoms with Crippen molar-refractivity contribution in [2.45, 2.75) is 0 Å². The van der Waals surface area contributed by atoms with E-state index < -0.39 is 0 Å². The van der Waals surface area contributed by atoms with Crippen molar-refractivity contribution in [1.82, 2.24) is 0 Å². The van der Waals surface area contributed by atoms with E-state index in [4.69, 9.17) is 26.5 Å². The number of ether oxygens (including phenoxy) is 3. The third-order valence-corrected chi connectivity index (χ3v) is 5.36. The van der Waals surface area contributed by atoms with Crippen LogP contribution >= 0.6 is 11.3 Å². The number of thiophene rings is 1. The number of hydrogen-bond acceptors (Lipinski definition) is 7. The maximum absolute atomic E-state index is 12.9. The third kappa shape index (κ3) is 3.95. The Bertz CT molecular complexity index is 1080. The van der Waals surface area contributed by atoms with Crippen molar-refractivity contribution in [3.63, 3.8) is 0 Å². The topological polar surface area (TPSA) is 87.2 Å². The van der Waals surface area contributed by atoms with Gasteiger partial charge in [0.25, 0.3) is 0 Å². The van der Waals surface area contributed by atoms with Gasteiger partial charge in [-0.3, -0.25) is 4.79 Å². The van der Waals surface area contributed by atoms with Gasteiger partial charge in [0.2, 0.25) is 11.5 Å². The first kappa shape index (κ1) is 20.0. The average Bonchev–Trinajstić information content (AvgIpc) is 3.08. The van der Waals surface area contributed by atoms with E-state index in [1.165, 1.54) is 7.11 Å². The van der Waals surface area contributed by atoms with Gasteiger partial charge in [-0.2, -0.15) is 0 Å². The summed E-state index contributed by atoms with van der Waals surface area (Å²) in [5.41, 5.74) is 7.58. The van der Waals surface area contributed by atoms with Crippen molar-refractivity contribution in [3.05, 3.63) is 64.3 Å². The zero-order chi connectivity index (χ0) is 21.0. The highest BCUT2D eigenvalue weighted by Crippen LogP contribution is 2.46. The summed E-state index contributed by atoms with van der Waals surface area (Å²) >= 11 is 1.13. The number of anilines is 3. The molecule has 0 unspecified atom stereocenters. The standard InChI is InChI=1S/C21H19N3O4S/c1-23-18-17(22)20(19(25)12-5-7-13(26-2)8-6-12)29-21(18)24-15-10-9-14(27-3)11-16(15)28-4/h5-11,24H,22H2,2-4H3. The lowest BCUT2D eigenvalue weighted by Gasteiger charge is -2.11. The number of ketones is 1. The Morgan fingerprint density at radius 1 is 1.03 bits per heavy atom. The maximum atomic E-state index is 12.9. The number of nitrogens with one attached hydrogen (secondary N) is 1. The molecule has 0 aliphatic carbocycles. The summed E-state index contributed by atoms with van der Waals surface area (Å²) in [4.78, 5) is 16.7. The molecule has 8 heteroatoms. The van der Waals surface area contributed by atoms with E-state index in [1.54, 1.807) is 56.7 Å². The van der Waals surface area contributed by atoms with Crippen molar-refractivity contribution < 1.29 is 19.0 Å². The molecule has 1 aromatic heterocycles. The maximum Gasteiger partial charge on any atom is 0.243 e. The van der Waals surface area contributed by atoms with E-state index in [1.807, 2.05) is 0 Å². The molecule has 0 atom stereocenters. The van der Waals surface area contributed by atoms with E-state index in [9.17, 15) is 4.79 Å². The summed E-state index contributed by atoms with van der Waals surface area (Å²) < 4.78 is 15.7. The lowest BCUT2D eigenvalue weighted by atomic mass is 10.1. The molecule has 0 bridgehead atoms. The molecule has 0 aliphatic heterocycles. The van der Waals surface area contributed by atoms with Crippen LogP contribution in [0.25, 0.3) is 4.85 Å². The van der Waals surface area contributed by atoms with Gasteiger partial charge >= 0.3 is 0 Å². The van der Waals surface area contributed by atoms with Gasteiger partial charge in [-0.25, -0.2) is 4.85 Å². The average molecular weight is 409 g/mol. The molecule has 0 spiro atoms. The Morgan fingerprint density at radius 3 is 2.28 bits per heavy atom. The zero-order valence-electron chi connectivity index (χ0n) is 16.1. The van der Waals surface area contributed by atoms with Crippen LogP contribution in [0.5, 0.6) is 17.2 Å².